The molecule has 15 heavy (non-hydrogen) atoms. The van der Waals surface area contributed by atoms with E-state index in [1.54, 1.807) is 0 Å². The minimum absolute atomic E-state index is 0.0969. The predicted octanol–water partition coefficient (Wildman–Crippen LogP) is 2.87. The van der Waals surface area contributed by atoms with Gasteiger partial charge in [-0.3, -0.25) is 4.79 Å². The van der Waals surface area contributed by atoms with Gasteiger partial charge in [0.1, 0.15) is 6.10 Å². The van der Waals surface area contributed by atoms with Gasteiger partial charge in [0.2, 0.25) is 0 Å². The Morgan fingerprint density at radius 2 is 2.07 bits per heavy atom. The monoisotopic (exact) mass is 202 g/mol. The van der Waals surface area contributed by atoms with Crippen molar-refractivity contribution < 1.29 is 9.53 Å². The van der Waals surface area contributed by atoms with E-state index < -0.39 is 0 Å². The molecule has 1 aromatic carbocycles. The van der Waals surface area contributed by atoms with Crippen molar-refractivity contribution in [2.24, 2.45) is 5.92 Å². The van der Waals surface area contributed by atoms with Gasteiger partial charge in [0.05, 0.1) is 5.92 Å². The van der Waals surface area contributed by atoms with Gasteiger partial charge >= 0.3 is 5.97 Å². The van der Waals surface area contributed by atoms with E-state index in [0.29, 0.717) is 0 Å². The Labute approximate surface area is 89.6 Å². The van der Waals surface area contributed by atoms with Crippen LogP contribution in [0.4, 0.5) is 0 Å². The molecule has 0 spiro atoms. The molecular weight excluding hydrogens is 188 g/mol. The number of esters is 1. The van der Waals surface area contributed by atoms with Gasteiger partial charge in [0.25, 0.3) is 0 Å². The van der Waals surface area contributed by atoms with Crippen LogP contribution in [0.15, 0.2) is 42.5 Å². The number of carbonyl (C=O) groups excluding carboxylic acids is 1. The van der Waals surface area contributed by atoms with Crippen molar-refractivity contribution in [3.05, 3.63) is 48.0 Å². The number of hydrogen-bond acceptors (Lipinski definition) is 2. The molecule has 2 heteroatoms. The van der Waals surface area contributed by atoms with Crippen molar-refractivity contribution in [1.82, 2.24) is 0 Å². The third-order valence-corrected chi connectivity index (χ3v) is 2.76. The number of rotatable bonds is 2. The Kier molecular flexibility index (Phi) is 2.58. The molecule has 1 aliphatic rings. The summed E-state index contributed by atoms with van der Waals surface area (Å²) in [6.07, 6.45) is 0.624. The highest BCUT2D eigenvalue weighted by Crippen LogP contribution is 2.36. The lowest BCUT2D eigenvalue weighted by molar-refractivity contribution is -0.143. The van der Waals surface area contributed by atoms with Gasteiger partial charge in [-0.2, -0.15) is 0 Å². The molecule has 0 radical (unpaired) electrons. The molecule has 0 bridgehead atoms. The molecular formula is C13H14O2. The third kappa shape index (κ3) is 1.94. The standard InChI is InChI=1S/C13H14O2/c1-9(2)11-8-12(15-13(11)14)10-6-4-3-5-7-10/h3-7,11-12H,1,8H2,2H3/t11-,12+/m1/s1. The molecule has 0 unspecified atom stereocenters. The summed E-state index contributed by atoms with van der Waals surface area (Å²) in [6, 6.07) is 9.84. The van der Waals surface area contributed by atoms with Gasteiger partial charge < -0.3 is 4.74 Å². The van der Waals surface area contributed by atoms with Crippen LogP contribution in [0.3, 0.4) is 0 Å². The van der Waals surface area contributed by atoms with Gasteiger partial charge in [-0.1, -0.05) is 42.5 Å². The lowest BCUT2D eigenvalue weighted by Crippen LogP contribution is -2.07. The molecule has 2 atom stereocenters. The number of hydrogen-bond donors (Lipinski definition) is 0. The maximum Gasteiger partial charge on any atom is 0.313 e. The number of cyclic esters (lactones) is 1. The second-order valence-corrected chi connectivity index (χ2v) is 3.97. The van der Waals surface area contributed by atoms with Crippen LogP contribution >= 0.6 is 0 Å². The molecule has 0 amide bonds. The van der Waals surface area contributed by atoms with E-state index in [1.165, 1.54) is 0 Å². The van der Waals surface area contributed by atoms with E-state index in [0.717, 1.165) is 17.6 Å². The van der Waals surface area contributed by atoms with Gasteiger partial charge in [-0.25, -0.2) is 0 Å². The van der Waals surface area contributed by atoms with E-state index in [1.807, 2.05) is 37.3 Å². The Balaban J connectivity index is 2.16. The number of benzene rings is 1. The van der Waals surface area contributed by atoms with Crippen molar-refractivity contribution >= 4 is 5.97 Å². The quantitative estimate of drug-likeness (QED) is 0.544. The van der Waals surface area contributed by atoms with E-state index in [2.05, 4.69) is 6.58 Å². The molecule has 0 saturated carbocycles. The summed E-state index contributed by atoms with van der Waals surface area (Å²) in [7, 11) is 0. The number of carbonyl (C=O) groups is 1. The average Bonchev–Trinajstić information content (AvgIpc) is 2.62. The number of ether oxygens (including phenoxy) is 1. The van der Waals surface area contributed by atoms with Crippen LogP contribution in [0.1, 0.15) is 25.0 Å². The molecule has 1 fully saturated rings. The van der Waals surface area contributed by atoms with Crippen LogP contribution in [0.2, 0.25) is 0 Å². The summed E-state index contributed by atoms with van der Waals surface area (Å²) >= 11 is 0. The summed E-state index contributed by atoms with van der Waals surface area (Å²) in [5.41, 5.74) is 1.95. The Morgan fingerprint density at radius 3 is 2.60 bits per heavy atom. The smallest absolute Gasteiger partial charge is 0.313 e. The van der Waals surface area contributed by atoms with E-state index in [-0.39, 0.29) is 18.0 Å². The van der Waals surface area contributed by atoms with Crippen LogP contribution in [0.5, 0.6) is 0 Å². The van der Waals surface area contributed by atoms with Gasteiger partial charge in [-0.15, -0.1) is 0 Å². The van der Waals surface area contributed by atoms with Crippen LogP contribution in [0, 0.1) is 5.92 Å². The first-order valence-electron chi connectivity index (χ1n) is 5.09. The lowest BCUT2D eigenvalue weighted by atomic mass is 9.95. The highest BCUT2D eigenvalue weighted by atomic mass is 16.6. The topological polar surface area (TPSA) is 26.3 Å². The fraction of sp³-hybridized carbons (Fsp3) is 0.308. The summed E-state index contributed by atoms with van der Waals surface area (Å²) in [4.78, 5) is 11.5. The average molecular weight is 202 g/mol. The van der Waals surface area contributed by atoms with E-state index in [4.69, 9.17) is 4.74 Å². The molecule has 1 saturated heterocycles. The molecule has 1 heterocycles. The van der Waals surface area contributed by atoms with Crippen LogP contribution in [0.25, 0.3) is 0 Å². The summed E-state index contributed by atoms with van der Waals surface area (Å²) in [5.74, 6) is -0.272. The highest BCUT2D eigenvalue weighted by Gasteiger charge is 2.35. The first kappa shape index (κ1) is 9.97. The zero-order valence-corrected chi connectivity index (χ0v) is 8.77. The Bertz CT molecular complexity index is 381. The molecule has 0 N–H and O–H groups in total. The minimum Gasteiger partial charge on any atom is -0.457 e. The highest BCUT2D eigenvalue weighted by molar-refractivity contribution is 5.77. The SMILES string of the molecule is C=C(C)[C@H]1C[C@@H](c2ccccc2)OC1=O. The molecule has 2 nitrogen and oxygen atoms in total. The zero-order chi connectivity index (χ0) is 10.8. The normalized spacial score (nSPS) is 25.0. The van der Waals surface area contributed by atoms with Crippen LogP contribution in [-0.2, 0) is 9.53 Å². The van der Waals surface area contributed by atoms with E-state index >= 15 is 0 Å². The van der Waals surface area contributed by atoms with Crippen LogP contribution in [-0.4, -0.2) is 5.97 Å². The summed E-state index contributed by atoms with van der Waals surface area (Å²) in [5, 5.41) is 0. The fourth-order valence-electron chi connectivity index (χ4n) is 1.85. The molecule has 78 valence electrons. The summed E-state index contributed by atoms with van der Waals surface area (Å²) < 4.78 is 5.32. The Hall–Kier alpha value is -1.57. The largest absolute Gasteiger partial charge is 0.457 e. The van der Waals surface area contributed by atoms with Crippen molar-refractivity contribution in [3.8, 4) is 0 Å². The third-order valence-electron chi connectivity index (χ3n) is 2.76. The lowest BCUT2D eigenvalue weighted by Gasteiger charge is -2.08. The first-order valence-corrected chi connectivity index (χ1v) is 5.09. The van der Waals surface area contributed by atoms with E-state index in [9.17, 15) is 4.79 Å². The van der Waals surface area contributed by atoms with Crippen molar-refractivity contribution in [2.45, 2.75) is 19.4 Å². The van der Waals surface area contributed by atoms with Gasteiger partial charge in [0.15, 0.2) is 0 Å². The molecule has 2 rings (SSSR count). The second kappa shape index (κ2) is 3.89. The first-order chi connectivity index (χ1) is 7.18. The molecule has 0 aliphatic carbocycles. The minimum atomic E-state index is -0.142. The maximum atomic E-state index is 11.5. The van der Waals surface area contributed by atoms with Gasteiger partial charge in [-0.05, 0) is 12.5 Å². The maximum absolute atomic E-state index is 11.5. The van der Waals surface area contributed by atoms with Gasteiger partial charge in [0, 0.05) is 6.42 Å². The van der Waals surface area contributed by atoms with Crippen LogP contribution < -0.4 is 0 Å². The fourth-order valence-corrected chi connectivity index (χ4v) is 1.85. The second-order valence-electron chi connectivity index (χ2n) is 3.97. The molecule has 1 aliphatic heterocycles. The molecule has 1 aromatic rings. The molecule has 0 aromatic heterocycles. The van der Waals surface area contributed by atoms with Crippen molar-refractivity contribution in [3.63, 3.8) is 0 Å². The van der Waals surface area contributed by atoms with Crippen molar-refractivity contribution in [2.75, 3.05) is 0 Å². The van der Waals surface area contributed by atoms with Crippen molar-refractivity contribution in [1.29, 1.82) is 0 Å². The predicted molar refractivity (Wildman–Crippen MR) is 58.2 cm³/mol. The Morgan fingerprint density at radius 1 is 1.40 bits per heavy atom. The summed E-state index contributed by atoms with van der Waals surface area (Å²) in [6.45, 7) is 5.69. The zero-order valence-electron chi connectivity index (χ0n) is 8.77.